The molecule has 0 spiro atoms. The topological polar surface area (TPSA) is 73.7 Å². The molecule has 5 heteroatoms. The summed E-state index contributed by atoms with van der Waals surface area (Å²) in [6, 6.07) is 3.26. The summed E-state index contributed by atoms with van der Waals surface area (Å²) in [5.41, 5.74) is 0.196. The molecule has 0 saturated heterocycles. The van der Waals surface area contributed by atoms with E-state index >= 15 is 0 Å². The Kier molecular flexibility index (Phi) is 3.28. The molecule has 1 fully saturated rings. The third-order valence-corrected chi connectivity index (χ3v) is 3.13. The normalized spacial score (nSPS) is 22.9. The second-order valence-electron chi connectivity index (χ2n) is 4.58. The highest BCUT2D eigenvalue weighted by atomic mass is 16.4. The van der Waals surface area contributed by atoms with Crippen LogP contribution in [-0.2, 0) is 0 Å². The number of aliphatic hydroxyl groups excluding tert-OH is 1. The summed E-state index contributed by atoms with van der Waals surface area (Å²) in [5.74, 6) is 0.307. The summed E-state index contributed by atoms with van der Waals surface area (Å²) < 4.78 is 0. The largest absolute Gasteiger partial charge is 0.478 e. The van der Waals surface area contributed by atoms with Crippen LogP contribution in [0.15, 0.2) is 18.3 Å². The zero-order chi connectivity index (χ0) is 12.4. The van der Waals surface area contributed by atoms with Crippen LogP contribution >= 0.6 is 0 Å². The molecule has 0 aromatic carbocycles. The number of pyridine rings is 1. The minimum absolute atomic E-state index is 0.143. The van der Waals surface area contributed by atoms with Gasteiger partial charge in [-0.3, -0.25) is 0 Å². The molecular formula is C12H16N2O3. The molecule has 0 aliphatic heterocycles. The van der Waals surface area contributed by atoms with E-state index in [1.54, 1.807) is 12.1 Å². The van der Waals surface area contributed by atoms with E-state index in [4.69, 9.17) is 5.11 Å². The van der Waals surface area contributed by atoms with Crippen molar-refractivity contribution in [2.24, 2.45) is 5.92 Å². The summed E-state index contributed by atoms with van der Waals surface area (Å²) in [7, 11) is 1.92. The van der Waals surface area contributed by atoms with Crippen molar-refractivity contribution < 1.29 is 15.0 Å². The Bertz CT molecular complexity index is 399. The van der Waals surface area contributed by atoms with Crippen LogP contribution in [0.5, 0.6) is 0 Å². The highest BCUT2D eigenvalue weighted by molar-refractivity contribution is 5.87. The zero-order valence-corrected chi connectivity index (χ0v) is 9.71. The van der Waals surface area contributed by atoms with Crippen molar-refractivity contribution in [3.8, 4) is 0 Å². The van der Waals surface area contributed by atoms with E-state index in [2.05, 4.69) is 4.98 Å². The maximum absolute atomic E-state index is 10.7. The molecule has 5 nitrogen and oxygen atoms in total. The molecule has 0 unspecified atom stereocenters. The van der Waals surface area contributed by atoms with Gasteiger partial charge in [-0.1, -0.05) is 0 Å². The van der Waals surface area contributed by atoms with Crippen LogP contribution in [0.3, 0.4) is 0 Å². The maximum Gasteiger partial charge on any atom is 0.337 e. The summed E-state index contributed by atoms with van der Waals surface area (Å²) in [6.45, 7) is 0.844. The number of hydrogen-bond donors (Lipinski definition) is 2. The fourth-order valence-electron chi connectivity index (χ4n) is 2.07. The molecule has 92 valence electrons. The van der Waals surface area contributed by atoms with Crippen molar-refractivity contribution in [3.05, 3.63) is 23.9 Å². The molecule has 1 aromatic heterocycles. The van der Waals surface area contributed by atoms with Gasteiger partial charge in [-0.2, -0.15) is 0 Å². The average Bonchev–Trinajstić information content (AvgIpc) is 2.27. The van der Waals surface area contributed by atoms with Gasteiger partial charge in [0.15, 0.2) is 0 Å². The maximum atomic E-state index is 10.7. The van der Waals surface area contributed by atoms with Crippen LogP contribution in [0.1, 0.15) is 23.2 Å². The van der Waals surface area contributed by atoms with Crippen LogP contribution in [0, 0.1) is 5.92 Å². The lowest BCUT2D eigenvalue weighted by Gasteiger charge is -2.34. The van der Waals surface area contributed by atoms with Crippen LogP contribution in [0.2, 0.25) is 0 Å². The molecule has 0 bridgehead atoms. The predicted molar refractivity (Wildman–Crippen MR) is 63.2 cm³/mol. The number of carboxylic acid groups (broad SMARTS) is 1. The summed E-state index contributed by atoms with van der Waals surface area (Å²) >= 11 is 0. The monoisotopic (exact) mass is 236 g/mol. The summed E-state index contributed by atoms with van der Waals surface area (Å²) in [4.78, 5) is 16.8. The lowest BCUT2D eigenvalue weighted by molar-refractivity contribution is 0.0464. The third kappa shape index (κ3) is 2.74. The van der Waals surface area contributed by atoms with Crippen molar-refractivity contribution in [2.45, 2.75) is 18.9 Å². The van der Waals surface area contributed by atoms with E-state index in [0.29, 0.717) is 5.92 Å². The highest BCUT2D eigenvalue weighted by Gasteiger charge is 2.28. The third-order valence-electron chi connectivity index (χ3n) is 3.13. The van der Waals surface area contributed by atoms with Gasteiger partial charge >= 0.3 is 5.97 Å². The van der Waals surface area contributed by atoms with E-state index in [1.807, 2.05) is 11.9 Å². The molecule has 1 saturated carbocycles. The van der Waals surface area contributed by atoms with Gasteiger partial charge in [0.05, 0.1) is 11.7 Å². The number of carboxylic acids is 1. The molecule has 1 aromatic rings. The fourth-order valence-corrected chi connectivity index (χ4v) is 2.07. The molecule has 1 heterocycles. The van der Waals surface area contributed by atoms with Crippen LogP contribution < -0.4 is 4.90 Å². The number of hydrogen-bond acceptors (Lipinski definition) is 4. The Morgan fingerprint density at radius 2 is 2.24 bits per heavy atom. The van der Waals surface area contributed by atoms with E-state index < -0.39 is 5.97 Å². The number of aromatic carboxylic acids is 1. The van der Waals surface area contributed by atoms with Gasteiger partial charge in [-0.15, -0.1) is 0 Å². The van der Waals surface area contributed by atoms with Gasteiger partial charge in [0.2, 0.25) is 0 Å². The number of aromatic nitrogens is 1. The molecule has 17 heavy (non-hydrogen) atoms. The van der Waals surface area contributed by atoms with E-state index in [0.717, 1.165) is 25.2 Å². The Morgan fingerprint density at radius 1 is 1.53 bits per heavy atom. The number of carbonyl (C=O) groups is 1. The smallest absolute Gasteiger partial charge is 0.337 e. The molecule has 0 radical (unpaired) electrons. The fraction of sp³-hybridized carbons (Fsp3) is 0.500. The molecule has 0 atom stereocenters. The second-order valence-corrected chi connectivity index (χ2v) is 4.58. The number of aliphatic hydroxyl groups is 1. The summed E-state index contributed by atoms with van der Waals surface area (Å²) in [5, 5.41) is 18.0. The molecule has 2 N–H and O–H groups in total. The minimum Gasteiger partial charge on any atom is -0.478 e. The number of anilines is 1. The van der Waals surface area contributed by atoms with Crippen LogP contribution in [0.4, 0.5) is 5.82 Å². The van der Waals surface area contributed by atoms with E-state index in [9.17, 15) is 9.90 Å². The number of nitrogens with zero attached hydrogens (tertiary/aromatic N) is 2. The first-order valence-electron chi connectivity index (χ1n) is 5.65. The standard InChI is InChI=1S/C12H16N2O3/c1-14(7-8-4-10(15)5-8)11-3-2-9(6-13-11)12(16)17/h2-3,6,8,10,15H,4-5,7H2,1H3,(H,16,17). The van der Waals surface area contributed by atoms with Gasteiger partial charge in [-0.05, 0) is 30.9 Å². The van der Waals surface area contributed by atoms with Crippen molar-refractivity contribution in [1.29, 1.82) is 0 Å². The van der Waals surface area contributed by atoms with Crippen molar-refractivity contribution in [2.75, 3.05) is 18.5 Å². The van der Waals surface area contributed by atoms with Crippen molar-refractivity contribution >= 4 is 11.8 Å². The first kappa shape index (κ1) is 11.9. The van der Waals surface area contributed by atoms with Crippen LogP contribution in [-0.4, -0.2) is 40.9 Å². The second kappa shape index (κ2) is 4.71. The lowest BCUT2D eigenvalue weighted by Crippen LogP contribution is -2.37. The molecule has 1 aliphatic carbocycles. The SMILES string of the molecule is CN(CC1CC(O)C1)c1ccc(C(=O)O)cn1. The van der Waals surface area contributed by atoms with Gasteiger partial charge in [-0.25, -0.2) is 9.78 Å². The van der Waals surface area contributed by atoms with Gasteiger partial charge < -0.3 is 15.1 Å². The average molecular weight is 236 g/mol. The Hall–Kier alpha value is -1.62. The Morgan fingerprint density at radius 3 is 2.71 bits per heavy atom. The Balaban J connectivity index is 1.94. The molecule has 1 aliphatic rings. The highest BCUT2D eigenvalue weighted by Crippen LogP contribution is 2.28. The van der Waals surface area contributed by atoms with Gasteiger partial charge in [0, 0.05) is 19.8 Å². The van der Waals surface area contributed by atoms with E-state index in [-0.39, 0.29) is 11.7 Å². The van der Waals surface area contributed by atoms with Crippen molar-refractivity contribution in [3.63, 3.8) is 0 Å². The van der Waals surface area contributed by atoms with Crippen molar-refractivity contribution in [1.82, 2.24) is 4.98 Å². The molecule has 0 amide bonds. The summed E-state index contributed by atoms with van der Waals surface area (Å²) in [6.07, 6.45) is 2.91. The zero-order valence-electron chi connectivity index (χ0n) is 9.71. The predicted octanol–water partition coefficient (Wildman–Crippen LogP) is 0.987. The lowest BCUT2D eigenvalue weighted by atomic mass is 9.82. The van der Waals surface area contributed by atoms with Gasteiger partial charge in [0.25, 0.3) is 0 Å². The minimum atomic E-state index is -0.964. The van der Waals surface area contributed by atoms with Crippen LogP contribution in [0.25, 0.3) is 0 Å². The Labute approximate surface area is 99.7 Å². The van der Waals surface area contributed by atoms with E-state index in [1.165, 1.54) is 6.20 Å². The van der Waals surface area contributed by atoms with Gasteiger partial charge in [0.1, 0.15) is 5.82 Å². The first-order valence-corrected chi connectivity index (χ1v) is 5.65. The molecule has 2 rings (SSSR count). The first-order chi connectivity index (χ1) is 8.06. The quantitative estimate of drug-likeness (QED) is 0.815. The number of rotatable bonds is 4. The molecular weight excluding hydrogens is 220 g/mol.